The first-order valence-corrected chi connectivity index (χ1v) is 7.36. The highest BCUT2D eigenvalue weighted by Crippen LogP contribution is 2.09. The third-order valence-electron chi connectivity index (χ3n) is 3.07. The van der Waals surface area contributed by atoms with E-state index in [-0.39, 0.29) is 0 Å². The van der Waals surface area contributed by atoms with Gasteiger partial charge in [-0.25, -0.2) is 0 Å². The molecule has 8 N–H and O–H groups in total. The Labute approximate surface area is 112 Å². The van der Waals surface area contributed by atoms with Crippen LogP contribution in [0.5, 0.6) is 0 Å². The van der Waals surface area contributed by atoms with Gasteiger partial charge in [-0.3, -0.25) is 0 Å². The quantitative estimate of drug-likeness (QED) is 0.273. The first-order valence-electron chi connectivity index (χ1n) is 7.36. The summed E-state index contributed by atoms with van der Waals surface area (Å²) in [5, 5.41) is 6.80. The molecular weight excluding hydrogens is 226 g/mol. The second-order valence-electron chi connectivity index (χ2n) is 4.84. The van der Waals surface area contributed by atoms with E-state index in [4.69, 9.17) is 17.2 Å². The summed E-state index contributed by atoms with van der Waals surface area (Å²) in [6.45, 7) is 6.14. The van der Waals surface area contributed by atoms with Crippen LogP contribution < -0.4 is 27.8 Å². The average Bonchev–Trinajstić information content (AvgIpc) is 2.38. The summed E-state index contributed by atoms with van der Waals surface area (Å²) < 4.78 is 0. The van der Waals surface area contributed by atoms with E-state index >= 15 is 0 Å². The predicted octanol–water partition coefficient (Wildman–Crippen LogP) is -0.392. The van der Waals surface area contributed by atoms with Gasteiger partial charge in [-0.05, 0) is 38.4 Å². The minimum absolute atomic E-state index is 0.681. The van der Waals surface area contributed by atoms with Gasteiger partial charge < -0.3 is 27.8 Å². The van der Waals surface area contributed by atoms with Crippen LogP contribution in [0.2, 0.25) is 0 Å². The van der Waals surface area contributed by atoms with E-state index < -0.39 is 0 Å². The molecule has 0 radical (unpaired) electrons. The molecule has 0 spiro atoms. The van der Waals surface area contributed by atoms with Crippen molar-refractivity contribution in [3.63, 3.8) is 0 Å². The molecule has 0 aromatic rings. The van der Waals surface area contributed by atoms with Crippen LogP contribution in [0.3, 0.4) is 0 Å². The summed E-state index contributed by atoms with van der Waals surface area (Å²) in [7, 11) is 0. The molecular formula is C13H33N5. The highest BCUT2D eigenvalue weighted by molar-refractivity contribution is 4.66. The van der Waals surface area contributed by atoms with Gasteiger partial charge in [0.1, 0.15) is 0 Å². The van der Waals surface area contributed by atoms with E-state index in [9.17, 15) is 0 Å². The molecule has 0 aromatic carbocycles. The second-order valence-corrected chi connectivity index (χ2v) is 4.84. The third kappa shape index (κ3) is 12.3. The molecule has 0 aliphatic heterocycles. The number of nitrogens with one attached hydrogen (secondary N) is 2. The normalized spacial score (nSPS) is 11.3. The van der Waals surface area contributed by atoms with Crippen molar-refractivity contribution in [1.82, 2.24) is 10.6 Å². The lowest BCUT2D eigenvalue weighted by atomic mass is 10.0. The van der Waals surface area contributed by atoms with E-state index in [0.29, 0.717) is 19.0 Å². The Hall–Kier alpha value is -0.200. The molecule has 5 heteroatoms. The summed E-state index contributed by atoms with van der Waals surface area (Å²) in [5.74, 6) is 0.681. The van der Waals surface area contributed by atoms with Crippen LogP contribution in [0, 0.1) is 5.92 Å². The summed E-state index contributed by atoms with van der Waals surface area (Å²) >= 11 is 0. The summed E-state index contributed by atoms with van der Waals surface area (Å²) in [6, 6.07) is 0. The van der Waals surface area contributed by atoms with Crippen molar-refractivity contribution in [2.24, 2.45) is 23.1 Å². The van der Waals surface area contributed by atoms with Crippen molar-refractivity contribution in [3.05, 3.63) is 0 Å². The molecule has 0 aliphatic rings. The molecule has 0 rings (SSSR count). The van der Waals surface area contributed by atoms with Crippen molar-refractivity contribution in [3.8, 4) is 0 Å². The highest BCUT2D eigenvalue weighted by atomic mass is 14.9. The maximum atomic E-state index is 5.49. The Bertz CT molecular complexity index is 144. The summed E-state index contributed by atoms with van der Waals surface area (Å²) in [4.78, 5) is 0. The molecule has 0 aromatic heterocycles. The number of unbranched alkanes of at least 4 members (excludes halogenated alkanes) is 3. The zero-order chi connectivity index (χ0) is 13.5. The van der Waals surface area contributed by atoms with Crippen molar-refractivity contribution < 1.29 is 0 Å². The van der Waals surface area contributed by atoms with Crippen molar-refractivity contribution in [2.75, 3.05) is 45.8 Å². The Morgan fingerprint density at radius 3 is 1.72 bits per heavy atom. The van der Waals surface area contributed by atoms with Crippen molar-refractivity contribution in [2.45, 2.75) is 32.1 Å². The Morgan fingerprint density at radius 2 is 1.22 bits per heavy atom. The fourth-order valence-corrected chi connectivity index (χ4v) is 2.02. The molecule has 0 saturated carbocycles. The van der Waals surface area contributed by atoms with E-state index in [1.54, 1.807) is 0 Å². The zero-order valence-corrected chi connectivity index (χ0v) is 11.8. The van der Waals surface area contributed by atoms with Crippen LogP contribution in [0.1, 0.15) is 32.1 Å². The summed E-state index contributed by atoms with van der Waals surface area (Å²) in [5.41, 5.74) is 16.5. The maximum Gasteiger partial charge on any atom is 0.00746 e. The lowest BCUT2D eigenvalue weighted by molar-refractivity contribution is 0.403. The van der Waals surface area contributed by atoms with E-state index in [0.717, 1.165) is 39.1 Å². The SMILES string of the molecule is NCCCCCCC(CNCCN)CNCCN. The minimum Gasteiger partial charge on any atom is -0.330 e. The molecule has 110 valence electrons. The zero-order valence-electron chi connectivity index (χ0n) is 11.8. The fraction of sp³-hybridized carbons (Fsp3) is 1.00. The molecule has 0 aliphatic carbocycles. The first-order chi connectivity index (χ1) is 8.85. The molecule has 0 heterocycles. The fourth-order valence-electron chi connectivity index (χ4n) is 2.02. The lowest BCUT2D eigenvalue weighted by Crippen LogP contribution is -2.35. The smallest absolute Gasteiger partial charge is 0.00746 e. The van der Waals surface area contributed by atoms with Crippen LogP contribution in [0.4, 0.5) is 0 Å². The van der Waals surface area contributed by atoms with E-state index in [1.165, 1.54) is 25.7 Å². The number of nitrogens with two attached hydrogens (primary N) is 3. The Morgan fingerprint density at radius 1 is 0.667 bits per heavy atom. The van der Waals surface area contributed by atoms with Gasteiger partial charge in [-0.2, -0.15) is 0 Å². The van der Waals surface area contributed by atoms with Gasteiger partial charge >= 0.3 is 0 Å². The second kappa shape index (κ2) is 14.9. The monoisotopic (exact) mass is 259 g/mol. The molecule has 5 nitrogen and oxygen atoms in total. The first kappa shape index (κ1) is 17.8. The van der Waals surface area contributed by atoms with Crippen LogP contribution in [-0.2, 0) is 0 Å². The minimum atomic E-state index is 0.681. The molecule has 0 atom stereocenters. The number of rotatable bonds is 14. The van der Waals surface area contributed by atoms with E-state index in [1.807, 2.05) is 0 Å². The third-order valence-corrected chi connectivity index (χ3v) is 3.07. The van der Waals surface area contributed by atoms with Crippen LogP contribution in [0.25, 0.3) is 0 Å². The van der Waals surface area contributed by atoms with Crippen LogP contribution in [-0.4, -0.2) is 45.8 Å². The largest absolute Gasteiger partial charge is 0.330 e. The van der Waals surface area contributed by atoms with Gasteiger partial charge in [0.25, 0.3) is 0 Å². The molecule has 0 amide bonds. The van der Waals surface area contributed by atoms with Crippen LogP contribution >= 0.6 is 0 Å². The summed E-state index contributed by atoms with van der Waals surface area (Å²) in [6.07, 6.45) is 6.26. The van der Waals surface area contributed by atoms with Gasteiger partial charge in [0.05, 0.1) is 0 Å². The molecule has 0 bridgehead atoms. The molecule has 0 unspecified atom stereocenters. The topological polar surface area (TPSA) is 102 Å². The number of hydrogen-bond acceptors (Lipinski definition) is 5. The van der Waals surface area contributed by atoms with Gasteiger partial charge in [0.15, 0.2) is 0 Å². The predicted molar refractivity (Wildman–Crippen MR) is 79.5 cm³/mol. The van der Waals surface area contributed by atoms with Gasteiger partial charge in [0, 0.05) is 26.2 Å². The molecule has 0 saturated heterocycles. The molecule has 18 heavy (non-hydrogen) atoms. The van der Waals surface area contributed by atoms with E-state index in [2.05, 4.69) is 10.6 Å². The maximum absolute atomic E-state index is 5.49. The number of hydrogen-bond donors (Lipinski definition) is 5. The van der Waals surface area contributed by atoms with Crippen molar-refractivity contribution in [1.29, 1.82) is 0 Å². The van der Waals surface area contributed by atoms with Crippen molar-refractivity contribution >= 4 is 0 Å². The Balaban J connectivity index is 3.60. The highest BCUT2D eigenvalue weighted by Gasteiger charge is 2.07. The average molecular weight is 259 g/mol. The van der Waals surface area contributed by atoms with Gasteiger partial charge in [0.2, 0.25) is 0 Å². The lowest BCUT2D eigenvalue weighted by Gasteiger charge is -2.18. The van der Waals surface area contributed by atoms with Crippen LogP contribution in [0.15, 0.2) is 0 Å². The Kier molecular flexibility index (Phi) is 14.7. The van der Waals surface area contributed by atoms with Gasteiger partial charge in [-0.15, -0.1) is 0 Å². The molecule has 0 fully saturated rings. The van der Waals surface area contributed by atoms with Gasteiger partial charge in [-0.1, -0.05) is 19.3 Å². The standard InChI is InChI=1S/C13H33N5/c14-6-4-2-1-3-5-13(11-17-9-7-15)12-18-10-8-16/h13,17-18H,1-12,14-16H2.